The van der Waals surface area contributed by atoms with E-state index < -0.39 is 11.7 Å². The fraction of sp³-hybridized carbons (Fsp3) is 0.524. The maximum atomic E-state index is 12.6. The third-order valence-electron chi connectivity index (χ3n) is 4.59. The molecule has 1 aromatic carbocycles. The number of nitrogens with zero attached hydrogens (tertiary/aromatic N) is 1. The van der Waals surface area contributed by atoms with E-state index in [-0.39, 0.29) is 23.0 Å². The van der Waals surface area contributed by atoms with Gasteiger partial charge in [0.15, 0.2) is 5.78 Å². The molecule has 0 bridgehead atoms. The van der Waals surface area contributed by atoms with Gasteiger partial charge in [0.2, 0.25) is 0 Å². The lowest BCUT2D eigenvalue weighted by molar-refractivity contribution is -0.137. The van der Waals surface area contributed by atoms with Gasteiger partial charge in [-0.05, 0) is 55.2 Å². The van der Waals surface area contributed by atoms with Crippen LogP contribution in [0.15, 0.2) is 45.6 Å². The third kappa shape index (κ3) is 6.80. The van der Waals surface area contributed by atoms with Crippen LogP contribution in [0.4, 0.5) is 13.2 Å². The first-order valence-corrected chi connectivity index (χ1v) is 10.7. The van der Waals surface area contributed by atoms with Crippen molar-refractivity contribution in [3.63, 3.8) is 0 Å². The monoisotopic (exact) mass is 429 g/mol. The van der Waals surface area contributed by atoms with Gasteiger partial charge in [0, 0.05) is 17.7 Å². The number of Topliss-reactive ketones (excluding diaryl/α,β-unsaturated/α-hetero) is 1. The molecule has 4 nitrogen and oxygen atoms in total. The molecule has 0 radical (unpaired) electrons. The van der Waals surface area contributed by atoms with Gasteiger partial charge in [-0.2, -0.15) is 13.2 Å². The Bertz CT molecular complexity index is 757. The van der Waals surface area contributed by atoms with E-state index in [0.717, 1.165) is 23.4 Å². The van der Waals surface area contributed by atoms with Crippen molar-refractivity contribution in [2.45, 2.75) is 57.0 Å². The van der Waals surface area contributed by atoms with E-state index in [4.69, 9.17) is 4.84 Å². The van der Waals surface area contributed by atoms with Crippen molar-refractivity contribution in [1.29, 1.82) is 0 Å². The van der Waals surface area contributed by atoms with Crippen LogP contribution in [0.1, 0.15) is 51.5 Å². The number of allylic oxidation sites excluding steroid dienone is 2. The number of aliphatic hydroxyl groups is 1. The third-order valence-corrected chi connectivity index (χ3v) is 5.64. The van der Waals surface area contributed by atoms with Gasteiger partial charge in [0.05, 0.1) is 16.8 Å². The summed E-state index contributed by atoms with van der Waals surface area (Å²) in [6, 6.07) is 5.05. The van der Waals surface area contributed by atoms with Crippen molar-refractivity contribution >= 4 is 23.3 Å². The molecular formula is C21H26F3NO3S. The number of hydrogen-bond donors (Lipinski definition) is 1. The number of halogens is 3. The van der Waals surface area contributed by atoms with E-state index in [2.05, 4.69) is 5.16 Å². The van der Waals surface area contributed by atoms with E-state index in [0.29, 0.717) is 43.8 Å². The van der Waals surface area contributed by atoms with Gasteiger partial charge >= 0.3 is 6.18 Å². The Kier molecular flexibility index (Phi) is 8.61. The molecule has 2 rings (SSSR count). The van der Waals surface area contributed by atoms with Gasteiger partial charge in [-0.25, -0.2) is 0 Å². The summed E-state index contributed by atoms with van der Waals surface area (Å²) in [5.74, 6) is 0.564. The zero-order chi connectivity index (χ0) is 21.4. The Morgan fingerprint density at radius 2 is 1.93 bits per heavy atom. The van der Waals surface area contributed by atoms with Gasteiger partial charge in [0.1, 0.15) is 12.4 Å². The number of carbonyl (C=O) groups is 1. The Morgan fingerprint density at radius 1 is 1.24 bits per heavy atom. The average Bonchev–Trinajstić information content (AvgIpc) is 2.66. The molecule has 0 saturated carbocycles. The first-order chi connectivity index (χ1) is 13.8. The lowest BCUT2D eigenvalue weighted by Gasteiger charge is -2.23. The molecule has 0 amide bonds. The summed E-state index contributed by atoms with van der Waals surface area (Å²) >= 11 is 1.44. The fourth-order valence-electron chi connectivity index (χ4n) is 3.09. The molecule has 0 fully saturated rings. The molecular weight excluding hydrogens is 403 g/mol. The molecule has 0 heterocycles. The van der Waals surface area contributed by atoms with Crippen LogP contribution in [0, 0.1) is 5.92 Å². The van der Waals surface area contributed by atoms with Crippen LogP contribution >= 0.6 is 11.8 Å². The first kappa shape index (κ1) is 23.3. The zero-order valence-electron chi connectivity index (χ0n) is 16.6. The van der Waals surface area contributed by atoms with Gasteiger partial charge in [0.25, 0.3) is 0 Å². The number of thioether (sulfide) groups is 1. The van der Waals surface area contributed by atoms with Gasteiger partial charge in [-0.3, -0.25) is 4.79 Å². The van der Waals surface area contributed by atoms with Crippen LogP contribution in [0.2, 0.25) is 0 Å². The van der Waals surface area contributed by atoms with Crippen molar-refractivity contribution < 1.29 is 27.9 Å². The van der Waals surface area contributed by atoms with Crippen LogP contribution < -0.4 is 0 Å². The van der Waals surface area contributed by atoms with E-state index in [1.54, 1.807) is 0 Å². The summed E-state index contributed by atoms with van der Waals surface area (Å²) in [5, 5.41) is 14.4. The minimum atomic E-state index is -4.34. The highest BCUT2D eigenvalue weighted by Gasteiger charge is 2.31. The van der Waals surface area contributed by atoms with E-state index in [1.165, 1.54) is 23.9 Å². The number of oxime groups is 1. The Hall–Kier alpha value is -1.96. The zero-order valence-corrected chi connectivity index (χ0v) is 17.4. The SMILES string of the molecule is CCCO/N=C(\CC)C1=C(O)CC(CCSc2ccc(C(F)(F)F)cc2)CC1=O. The van der Waals surface area contributed by atoms with E-state index in [1.807, 2.05) is 13.8 Å². The lowest BCUT2D eigenvalue weighted by atomic mass is 9.83. The van der Waals surface area contributed by atoms with Crippen molar-refractivity contribution in [2.24, 2.45) is 11.1 Å². The van der Waals surface area contributed by atoms with E-state index in [9.17, 15) is 23.1 Å². The molecule has 8 heteroatoms. The van der Waals surface area contributed by atoms with Crippen LogP contribution in [0.25, 0.3) is 0 Å². The quantitative estimate of drug-likeness (QED) is 0.221. The standard InChI is InChI=1S/C21H26F3NO3S/c1-3-10-28-25-17(4-2)20-18(26)12-14(13-19(20)27)9-11-29-16-7-5-15(6-8-16)21(22,23)24/h5-8,14,26H,3-4,9-13H2,1-2H3/b25-17+. The maximum absolute atomic E-state index is 12.6. The number of benzene rings is 1. The van der Waals surface area contributed by atoms with Crippen LogP contribution in [0.3, 0.4) is 0 Å². The van der Waals surface area contributed by atoms with Gasteiger partial charge in [-0.15, -0.1) is 11.8 Å². The molecule has 1 unspecified atom stereocenters. The molecule has 0 spiro atoms. The summed E-state index contributed by atoms with van der Waals surface area (Å²) in [4.78, 5) is 18.5. The molecule has 1 aromatic rings. The van der Waals surface area contributed by atoms with Gasteiger partial charge in [-0.1, -0.05) is 19.0 Å². The smallest absolute Gasteiger partial charge is 0.416 e. The second-order valence-electron chi connectivity index (χ2n) is 6.90. The number of ketones is 1. The van der Waals surface area contributed by atoms with Gasteiger partial charge < -0.3 is 9.94 Å². The number of alkyl halides is 3. The molecule has 1 aliphatic carbocycles. The predicted octanol–water partition coefficient (Wildman–Crippen LogP) is 6.17. The largest absolute Gasteiger partial charge is 0.511 e. The number of carbonyl (C=O) groups excluding carboxylic acids is 1. The fourth-order valence-corrected chi connectivity index (χ4v) is 4.11. The highest BCUT2D eigenvalue weighted by Crippen LogP contribution is 2.33. The molecule has 1 aliphatic rings. The van der Waals surface area contributed by atoms with Crippen molar-refractivity contribution in [2.75, 3.05) is 12.4 Å². The molecule has 0 aliphatic heterocycles. The summed E-state index contributed by atoms with van der Waals surface area (Å²) in [5.41, 5.74) is 0.0763. The number of aliphatic hydroxyl groups excluding tert-OH is 1. The number of hydrogen-bond acceptors (Lipinski definition) is 5. The maximum Gasteiger partial charge on any atom is 0.416 e. The second kappa shape index (κ2) is 10.7. The topological polar surface area (TPSA) is 58.9 Å². The molecule has 1 N–H and O–H groups in total. The predicted molar refractivity (Wildman–Crippen MR) is 108 cm³/mol. The molecule has 0 aromatic heterocycles. The van der Waals surface area contributed by atoms with Crippen LogP contribution in [-0.4, -0.2) is 29.0 Å². The van der Waals surface area contributed by atoms with Crippen molar-refractivity contribution in [3.8, 4) is 0 Å². The van der Waals surface area contributed by atoms with Crippen molar-refractivity contribution in [1.82, 2.24) is 0 Å². The van der Waals surface area contributed by atoms with Crippen LogP contribution in [0.5, 0.6) is 0 Å². The Morgan fingerprint density at radius 3 is 2.48 bits per heavy atom. The normalized spacial score (nSPS) is 18.3. The van der Waals surface area contributed by atoms with Crippen molar-refractivity contribution in [3.05, 3.63) is 41.2 Å². The first-order valence-electron chi connectivity index (χ1n) is 9.70. The Labute approximate surface area is 173 Å². The highest BCUT2D eigenvalue weighted by atomic mass is 32.2. The summed E-state index contributed by atoms with van der Waals surface area (Å²) < 4.78 is 37.8. The molecule has 29 heavy (non-hydrogen) atoms. The van der Waals surface area contributed by atoms with Crippen LogP contribution in [-0.2, 0) is 15.8 Å². The average molecular weight is 430 g/mol. The molecule has 160 valence electrons. The minimum absolute atomic E-state index is 0.00265. The highest BCUT2D eigenvalue weighted by molar-refractivity contribution is 7.99. The Balaban J connectivity index is 1.92. The summed E-state index contributed by atoms with van der Waals surface area (Å²) in [6.45, 7) is 4.26. The molecule has 0 saturated heterocycles. The van der Waals surface area contributed by atoms with E-state index >= 15 is 0 Å². The second-order valence-corrected chi connectivity index (χ2v) is 8.07. The minimum Gasteiger partial charge on any atom is -0.511 e. The summed E-state index contributed by atoms with van der Waals surface area (Å²) in [7, 11) is 0. The lowest BCUT2D eigenvalue weighted by Crippen LogP contribution is -2.25. The summed E-state index contributed by atoms with van der Waals surface area (Å²) in [6.07, 6.45) is -1.65. The number of rotatable bonds is 9. The molecule has 1 atom stereocenters.